The lowest BCUT2D eigenvalue weighted by Crippen LogP contribution is -2.35. The average Bonchev–Trinajstić information content (AvgIpc) is 2.71. The summed E-state index contributed by atoms with van der Waals surface area (Å²) in [6.07, 6.45) is 7.91. The fourth-order valence-electron chi connectivity index (χ4n) is 4.18. The maximum absolute atomic E-state index is 9.42. The van der Waals surface area contributed by atoms with Gasteiger partial charge in [0, 0.05) is 12.6 Å². The van der Waals surface area contributed by atoms with Crippen molar-refractivity contribution in [1.82, 2.24) is 5.32 Å². The van der Waals surface area contributed by atoms with Gasteiger partial charge in [0.05, 0.1) is 0 Å². The SMILES string of the molecule is CC(Cc1ccc(O)cc1)NCC(c1ccccc1)C1CCCCC1.O=[N+]([O-])O. The first-order valence-electron chi connectivity index (χ1n) is 10.3. The summed E-state index contributed by atoms with van der Waals surface area (Å²) in [5.41, 5.74) is 2.76. The summed E-state index contributed by atoms with van der Waals surface area (Å²) in [7, 11) is 0. The van der Waals surface area contributed by atoms with Gasteiger partial charge in [0.25, 0.3) is 5.09 Å². The molecule has 1 aliphatic rings. The highest BCUT2D eigenvalue weighted by molar-refractivity contribution is 5.26. The van der Waals surface area contributed by atoms with Crippen LogP contribution in [0.4, 0.5) is 0 Å². The number of phenols is 1. The molecule has 0 aliphatic heterocycles. The van der Waals surface area contributed by atoms with Gasteiger partial charge in [-0.1, -0.05) is 61.7 Å². The largest absolute Gasteiger partial charge is 0.508 e. The maximum atomic E-state index is 9.42. The summed E-state index contributed by atoms with van der Waals surface area (Å²) in [6.45, 7) is 3.31. The molecule has 6 heteroatoms. The third-order valence-corrected chi connectivity index (χ3v) is 5.61. The molecule has 2 aromatic carbocycles. The van der Waals surface area contributed by atoms with Gasteiger partial charge in [-0.25, -0.2) is 0 Å². The first kappa shape index (κ1) is 22.7. The Morgan fingerprint density at radius 1 is 1.07 bits per heavy atom. The van der Waals surface area contributed by atoms with Gasteiger partial charge in [-0.3, -0.25) is 0 Å². The summed E-state index contributed by atoms with van der Waals surface area (Å²) < 4.78 is 0. The summed E-state index contributed by atoms with van der Waals surface area (Å²) >= 11 is 0. The molecule has 1 aliphatic carbocycles. The molecule has 0 heterocycles. The molecule has 29 heavy (non-hydrogen) atoms. The third-order valence-electron chi connectivity index (χ3n) is 5.61. The van der Waals surface area contributed by atoms with Crippen molar-refractivity contribution in [1.29, 1.82) is 0 Å². The third kappa shape index (κ3) is 8.52. The van der Waals surface area contributed by atoms with Gasteiger partial charge in [0.2, 0.25) is 0 Å². The van der Waals surface area contributed by atoms with Crippen molar-refractivity contribution in [3.8, 4) is 5.75 Å². The first-order valence-corrected chi connectivity index (χ1v) is 10.3. The van der Waals surface area contributed by atoms with Crippen molar-refractivity contribution in [2.24, 2.45) is 5.92 Å². The maximum Gasteiger partial charge on any atom is 0.291 e. The van der Waals surface area contributed by atoms with Gasteiger partial charge < -0.3 is 15.6 Å². The smallest absolute Gasteiger partial charge is 0.291 e. The van der Waals surface area contributed by atoms with E-state index in [0.717, 1.165) is 18.9 Å². The Balaban J connectivity index is 0.000000687. The average molecular weight is 401 g/mol. The quantitative estimate of drug-likeness (QED) is 0.452. The molecule has 158 valence electrons. The molecule has 2 aromatic rings. The van der Waals surface area contributed by atoms with Crippen molar-refractivity contribution in [2.45, 2.75) is 57.4 Å². The monoisotopic (exact) mass is 400 g/mol. The van der Waals surface area contributed by atoms with Crippen LogP contribution in [0.2, 0.25) is 0 Å². The van der Waals surface area contributed by atoms with Crippen LogP contribution in [0.3, 0.4) is 0 Å². The van der Waals surface area contributed by atoms with E-state index in [1.54, 1.807) is 12.1 Å². The molecule has 2 atom stereocenters. The lowest BCUT2D eigenvalue weighted by molar-refractivity contribution is -0.742. The zero-order valence-electron chi connectivity index (χ0n) is 17.0. The molecule has 0 aromatic heterocycles. The van der Waals surface area contributed by atoms with Crippen LogP contribution in [-0.4, -0.2) is 28.0 Å². The van der Waals surface area contributed by atoms with Crippen molar-refractivity contribution >= 4 is 0 Å². The van der Waals surface area contributed by atoms with Gasteiger partial charge in [-0.15, -0.1) is 10.1 Å². The van der Waals surface area contributed by atoms with Crippen LogP contribution in [0, 0.1) is 16.0 Å². The molecule has 0 radical (unpaired) electrons. The van der Waals surface area contributed by atoms with E-state index in [1.807, 2.05) is 12.1 Å². The van der Waals surface area contributed by atoms with E-state index in [4.69, 9.17) is 15.3 Å². The number of aromatic hydroxyl groups is 1. The van der Waals surface area contributed by atoms with Crippen molar-refractivity contribution in [2.75, 3.05) is 6.54 Å². The molecule has 0 saturated heterocycles. The number of nitrogens with one attached hydrogen (secondary N) is 1. The summed E-state index contributed by atoms with van der Waals surface area (Å²) in [4.78, 5) is 8.36. The van der Waals surface area contributed by atoms with Gasteiger partial charge in [0.15, 0.2) is 0 Å². The lowest BCUT2D eigenvalue weighted by atomic mass is 9.76. The van der Waals surface area contributed by atoms with E-state index in [1.165, 1.54) is 43.2 Å². The molecular weight excluding hydrogens is 368 g/mol. The Hall–Kier alpha value is -2.60. The van der Waals surface area contributed by atoms with Crippen LogP contribution >= 0.6 is 0 Å². The van der Waals surface area contributed by atoms with Crippen molar-refractivity contribution in [3.63, 3.8) is 0 Å². The summed E-state index contributed by atoms with van der Waals surface area (Å²) in [5.74, 6) is 1.76. The highest BCUT2D eigenvalue weighted by Crippen LogP contribution is 2.35. The van der Waals surface area contributed by atoms with Gasteiger partial charge >= 0.3 is 0 Å². The van der Waals surface area contributed by atoms with E-state index in [9.17, 15) is 5.11 Å². The number of phenolic OH excluding ortho intramolecular Hbond substituents is 1. The van der Waals surface area contributed by atoms with E-state index < -0.39 is 5.09 Å². The van der Waals surface area contributed by atoms with Crippen LogP contribution < -0.4 is 5.32 Å². The Bertz CT molecular complexity index is 711. The highest BCUT2D eigenvalue weighted by Gasteiger charge is 2.25. The lowest BCUT2D eigenvalue weighted by Gasteiger charge is -2.32. The Morgan fingerprint density at radius 3 is 2.24 bits per heavy atom. The summed E-state index contributed by atoms with van der Waals surface area (Å²) in [6, 6.07) is 19.1. The normalized spacial score (nSPS) is 16.3. The molecule has 1 saturated carbocycles. The fourth-order valence-corrected chi connectivity index (χ4v) is 4.18. The molecule has 6 nitrogen and oxygen atoms in total. The van der Waals surface area contributed by atoms with E-state index >= 15 is 0 Å². The zero-order chi connectivity index (χ0) is 21.1. The predicted octanol–water partition coefficient (Wildman–Crippen LogP) is 4.93. The van der Waals surface area contributed by atoms with Crippen molar-refractivity contribution in [3.05, 3.63) is 75.8 Å². The Morgan fingerprint density at radius 2 is 1.66 bits per heavy atom. The second kappa shape index (κ2) is 12.1. The van der Waals surface area contributed by atoms with Gasteiger partial charge in [0.1, 0.15) is 5.75 Å². The van der Waals surface area contributed by atoms with Crippen LogP contribution in [0.5, 0.6) is 5.75 Å². The first-order chi connectivity index (χ1) is 14.0. The van der Waals surface area contributed by atoms with E-state index in [2.05, 4.69) is 42.6 Å². The minimum Gasteiger partial charge on any atom is -0.508 e. The fraction of sp³-hybridized carbons (Fsp3) is 0.478. The molecule has 2 unspecified atom stereocenters. The van der Waals surface area contributed by atoms with Crippen LogP contribution in [0.25, 0.3) is 0 Å². The standard InChI is InChI=1S/C23H31NO.HNO3/c1-18(16-19-12-14-22(25)15-13-19)24-17-23(20-8-4-2-5-9-20)21-10-6-3-7-11-21;2-1(3)4/h2,4-5,8-9,12-15,18,21,23-25H,3,6-7,10-11,16-17H2,1H3;(H,2,3,4). The number of hydrogen-bond acceptors (Lipinski definition) is 4. The minimum absolute atomic E-state index is 0.339. The van der Waals surface area contributed by atoms with Gasteiger partial charge in [-0.2, -0.15) is 0 Å². The molecule has 0 bridgehead atoms. The Kier molecular flexibility index (Phi) is 9.44. The molecular formula is C23H32N2O4. The number of hydrogen-bond donors (Lipinski definition) is 3. The summed E-state index contributed by atoms with van der Waals surface area (Å²) in [5, 5.41) is 26.8. The zero-order valence-corrected chi connectivity index (χ0v) is 17.0. The second-order valence-corrected chi connectivity index (χ2v) is 7.83. The van der Waals surface area contributed by atoms with E-state index in [0.29, 0.717) is 17.7 Å². The minimum atomic E-state index is -1.50. The predicted molar refractivity (Wildman–Crippen MR) is 114 cm³/mol. The molecule has 0 amide bonds. The number of rotatable bonds is 7. The number of benzene rings is 2. The van der Waals surface area contributed by atoms with Crippen LogP contribution in [0.1, 0.15) is 56.1 Å². The van der Waals surface area contributed by atoms with Crippen LogP contribution in [0.15, 0.2) is 54.6 Å². The second-order valence-electron chi connectivity index (χ2n) is 7.83. The molecule has 0 spiro atoms. The van der Waals surface area contributed by atoms with Crippen molar-refractivity contribution < 1.29 is 15.4 Å². The van der Waals surface area contributed by atoms with E-state index in [-0.39, 0.29) is 0 Å². The Labute approximate surface area is 172 Å². The van der Waals surface area contributed by atoms with Crippen LogP contribution in [-0.2, 0) is 6.42 Å². The highest BCUT2D eigenvalue weighted by atomic mass is 16.9. The number of nitrogens with zero attached hydrogens (tertiary/aromatic N) is 1. The molecule has 3 N–H and O–H groups in total. The molecule has 1 fully saturated rings. The topological polar surface area (TPSA) is 95.6 Å². The van der Waals surface area contributed by atoms with Gasteiger partial charge in [-0.05, 0) is 61.3 Å². The molecule has 3 rings (SSSR count).